The Balaban J connectivity index is 1.32. The molecule has 0 spiro atoms. The summed E-state index contributed by atoms with van der Waals surface area (Å²) in [5.41, 5.74) is -1.31. The van der Waals surface area contributed by atoms with Crippen LogP contribution in [0.4, 0.5) is 4.39 Å². The summed E-state index contributed by atoms with van der Waals surface area (Å²) in [6, 6.07) is 3.63. The number of rotatable bonds is 10. The molecule has 4 unspecified atom stereocenters. The molecule has 0 aromatic heterocycles. The fourth-order valence-electron chi connectivity index (χ4n) is 5.88. The van der Waals surface area contributed by atoms with Crippen molar-refractivity contribution in [2.45, 2.75) is 93.8 Å². The van der Waals surface area contributed by atoms with E-state index in [-0.39, 0.29) is 29.3 Å². The quantitative estimate of drug-likeness (QED) is 0.308. The van der Waals surface area contributed by atoms with E-state index in [4.69, 9.17) is 21.1 Å². The second-order valence-electron chi connectivity index (χ2n) is 10.6. The van der Waals surface area contributed by atoms with Crippen molar-refractivity contribution in [3.8, 4) is 5.75 Å². The van der Waals surface area contributed by atoms with Crippen LogP contribution in [0, 0.1) is 5.82 Å². The number of unbranched alkanes of at least 4 members (excludes halogenated alkanes) is 1. The first-order valence-electron chi connectivity index (χ1n) is 13.1. The van der Waals surface area contributed by atoms with E-state index in [1.165, 1.54) is 12.1 Å². The van der Waals surface area contributed by atoms with Gasteiger partial charge in [-0.1, -0.05) is 31.4 Å². The maximum Gasteiger partial charge on any atom is 0.258 e. The van der Waals surface area contributed by atoms with Crippen LogP contribution in [0.2, 0.25) is 5.02 Å². The SMILES string of the molecule is CCCCC1CNC(OC)C(C(=O)NC23CCC(NC(=O)COc4ccc(Cl)c(F)c4)(CC2)C(O)C3)N1. The van der Waals surface area contributed by atoms with Gasteiger partial charge in [-0.2, -0.15) is 0 Å². The smallest absolute Gasteiger partial charge is 0.258 e. The largest absolute Gasteiger partial charge is 0.484 e. The van der Waals surface area contributed by atoms with Crippen LogP contribution < -0.4 is 26.0 Å². The lowest BCUT2D eigenvalue weighted by Crippen LogP contribution is -2.73. The molecule has 1 aliphatic heterocycles. The zero-order valence-electron chi connectivity index (χ0n) is 21.4. The molecule has 1 aromatic rings. The van der Waals surface area contributed by atoms with Gasteiger partial charge in [-0.05, 0) is 50.7 Å². The molecule has 2 bridgehead atoms. The number of carbonyl (C=O) groups excluding carboxylic acids is 2. The van der Waals surface area contributed by atoms with E-state index in [0.29, 0.717) is 32.1 Å². The number of benzene rings is 1. The number of aliphatic hydroxyl groups excluding tert-OH is 1. The lowest BCUT2D eigenvalue weighted by molar-refractivity contribution is -0.140. The first kappa shape index (κ1) is 28.0. The van der Waals surface area contributed by atoms with Crippen molar-refractivity contribution < 1.29 is 28.6 Å². The fraction of sp³-hybridized carbons (Fsp3) is 0.692. The van der Waals surface area contributed by atoms with Gasteiger partial charge in [0.25, 0.3) is 5.91 Å². The molecule has 5 rings (SSSR count). The van der Waals surface area contributed by atoms with Crippen molar-refractivity contribution in [1.29, 1.82) is 0 Å². The maximum absolute atomic E-state index is 13.6. The van der Waals surface area contributed by atoms with Crippen LogP contribution in [-0.2, 0) is 14.3 Å². The Kier molecular flexibility index (Phi) is 8.96. The number of hydrogen-bond acceptors (Lipinski definition) is 7. The number of hydrogen-bond donors (Lipinski definition) is 5. The van der Waals surface area contributed by atoms with E-state index in [1.54, 1.807) is 7.11 Å². The van der Waals surface area contributed by atoms with Crippen LogP contribution in [0.3, 0.4) is 0 Å². The molecule has 1 heterocycles. The molecular formula is C26H38ClFN4O5. The average molecular weight is 541 g/mol. The highest BCUT2D eigenvalue weighted by molar-refractivity contribution is 6.30. The minimum atomic E-state index is -0.819. The number of ether oxygens (including phenoxy) is 2. The number of amides is 2. The molecule has 3 saturated carbocycles. The predicted molar refractivity (Wildman–Crippen MR) is 137 cm³/mol. The van der Waals surface area contributed by atoms with Crippen molar-refractivity contribution in [3.63, 3.8) is 0 Å². The Labute approximate surface area is 222 Å². The summed E-state index contributed by atoms with van der Waals surface area (Å²) in [5.74, 6) is -0.971. The molecule has 9 nitrogen and oxygen atoms in total. The summed E-state index contributed by atoms with van der Waals surface area (Å²) in [7, 11) is 1.58. The average Bonchev–Trinajstić information content (AvgIpc) is 2.89. The molecule has 1 saturated heterocycles. The van der Waals surface area contributed by atoms with Crippen LogP contribution in [0.1, 0.15) is 58.3 Å². The van der Waals surface area contributed by atoms with Crippen molar-refractivity contribution in [2.75, 3.05) is 20.3 Å². The molecule has 3 aliphatic carbocycles. The fourth-order valence-corrected chi connectivity index (χ4v) is 5.99. The number of nitrogens with one attached hydrogen (secondary N) is 4. The molecule has 1 aromatic carbocycles. The van der Waals surface area contributed by atoms with Gasteiger partial charge in [0, 0.05) is 31.3 Å². The number of aliphatic hydroxyl groups is 1. The highest BCUT2D eigenvalue weighted by Gasteiger charge is 2.56. The van der Waals surface area contributed by atoms with E-state index >= 15 is 0 Å². The summed E-state index contributed by atoms with van der Waals surface area (Å²) >= 11 is 5.68. The molecule has 4 aliphatic rings. The monoisotopic (exact) mass is 540 g/mol. The lowest BCUT2D eigenvalue weighted by Gasteiger charge is -2.56. The highest BCUT2D eigenvalue weighted by atomic mass is 35.5. The normalized spacial score (nSPS) is 33.1. The summed E-state index contributed by atoms with van der Waals surface area (Å²) in [6.07, 6.45) is 4.57. The molecule has 4 atom stereocenters. The second-order valence-corrected chi connectivity index (χ2v) is 11.0. The number of fused-ring (bicyclic) bond motifs is 3. The van der Waals surface area contributed by atoms with Crippen LogP contribution in [0.5, 0.6) is 5.75 Å². The zero-order valence-corrected chi connectivity index (χ0v) is 22.2. The third-order valence-electron chi connectivity index (χ3n) is 8.08. The Morgan fingerprint density at radius 3 is 2.65 bits per heavy atom. The molecule has 37 heavy (non-hydrogen) atoms. The lowest BCUT2D eigenvalue weighted by atomic mass is 9.59. The van der Waals surface area contributed by atoms with E-state index in [1.807, 2.05) is 0 Å². The van der Waals surface area contributed by atoms with Crippen molar-refractivity contribution in [2.24, 2.45) is 0 Å². The van der Waals surface area contributed by atoms with Gasteiger partial charge in [-0.3, -0.25) is 20.2 Å². The van der Waals surface area contributed by atoms with Gasteiger partial charge in [0.1, 0.15) is 23.8 Å². The minimum Gasteiger partial charge on any atom is -0.484 e. The second kappa shape index (κ2) is 11.8. The van der Waals surface area contributed by atoms with Gasteiger partial charge < -0.3 is 25.2 Å². The van der Waals surface area contributed by atoms with Gasteiger partial charge in [-0.15, -0.1) is 0 Å². The predicted octanol–water partition coefficient (Wildman–Crippen LogP) is 2.00. The Morgan fingerprint density at radius 1 is 1.24 bits per heavy atom. The van der Waals surface area contributed by atoms with Crippen molar-refractivity contribution >= 4 is 23.4 Å². The summed E-state index contributed by atoms with van der Waals surface area (Å²) in [6.45, 7) is 2.58. The first-order valence-corrected chi connectivity index (χ1v) is 13.5. The highest BCUT2D eigenvalue weighted by Crippen LogP contribution is 2.47. The van der Waals surface area contributed by atoms with E-state index in [9.17, 15) is 19.1 Å². The molecule has 5 N–H and O–H groups in total. The van der Waals surface area contributed by atoms with Gasteiger partial charge >= 0.3 is 0 Å². The van der Waals surface area contributed by atoms with E-state index in [2.05, 4.69) is 28.2 Å². The Bertz CT molecular complexity index is 974. The van der Waals surface area contributed by atoms with Crippen LogP contribution in [0.15, 0.2) is 18.2 Å². The molecular weight excluding hydrogens is 503 g/mol. The molecule has 0 radical (unpaired) electrons. The van der Waals surface area contributed by atoms with Gasteiger partial charge in [0.2, 0.25) is 5.91 Å². The Morgan fingerprint density at radius 2 is 2.00 bits per heavy atom. The van der Waals surface area contributed by atoms with Crippen molar-refractivity contribution in [3.05, 3.63) is 29.0 Å². The zero-order chi connectivity index (χ0) is 26.6. The number of halogens is 2. The third kappa shape index (κ3) is 6.37. The Hall–Kier alpha value is -1.98. The molecule has 4 fully saturated rings. The molecule has 11 heteroatoms. The summed E-state index contributed by atoms with van der Waals surface area (Å²) < 4.78 is 24.5. The van der Waals surface area contributed by atoms with E-state index < -0.39 is 41.2 Å². The minimum absolute atomic E-state index is 0.0246. The first-order chi connectivity index (χ1) is 17.7. The standard InChI is InChI=1S/C26H38ClFN4O5/c1-3-4-5-16-14-29-24(36-2)22(30-16)23(35)32-25-8-10-26(11-9-25,20(33)13-25)31-21(34)15-37-17-6-7-18(27)19(28)12-17/h6-7,12,16,20,22,24,29-30,33H,3-5,8-11,13-15H2,1-2H3,(H,31,34)(H,32,35). The van der Waals surface area contributed by atoms with Crippen LogP contribution in [-0.4, -0.2) is 72.7 Å². The molecule has 206 valence electrons. The number of carbonyl (C=O) groups is 2. The summed E-state index contributed by atoms with van der Waals surface area (Å²) in [4.78, 5) is 26.0. The van der Waals surface area contributed by atoms with Gasteiger partial charge in [0.05, 0.1) is 16.7 Å². The number of piperazine rings is 1. The van der Waals surface area contributed by atoms with Gasteiger partial charge in [-0.25, -0.2) is 4.39 Å². The topological polar surface area (TPSA) is 121 Å². The third-order valence-corrected chi connectivity index (χ3v) is 8.39. The molecule has 2 amide bonds. The van der Waals surface area contributed by atoms with Crippen LogP contribution in [0.25, 0.3) is 0 Å². The van der Waals surface area contributed by atoms with E-state index in [0.717, 1.165) is 31.9 Å². The van der Waals surface area contributed by atoms with Gasteiger partial charge in [0.15, 0.2) is 6.61 Å². The summed E-state index contributed by atoms with van der Waals surface area (Å²) in [5, 5.41) is 24.0. The van der Waals surface area contributed by atoms with Crippen LogP contribution >= 0.6 is 11.6 Å². The van der Waals surface area contributed by atoms with Crippen molar-refractivity contribution in [1.82, 2.24) is 21.3 Å². The maximum atomic E-state index is 13.6. The number of methoxy groups -OCH3 is 1.